The number of aryl methyl sites for hydroxylation is 1. The van der Waals surface area contributed by atoms with Crippen molar-refractivity contribution in [3.8, 4) is 17.6 Å². The number of alkyl halides is 5. The van der Waals surface area contributed by atoms with E-state index in [1.807, 2.05) is 0 Å². The van der Waals surface area contributed by atoms with Gasteiger partial charge in [0.25, 0.3) is 17.5 Å². The van der Waals surface area contributed by atoms with Gasteiger partial charge < -0.3 is 9.72 Å². The van der Waals surface area contributed by atoms with Crippen LogP contribution in [0.3, 0.4) is 0 Å². The Balaban J connectivity index is 2.15. The molecule has 2 aromatic heterocycles. The summed E-state index contributed by atoms with van der Waals surface area (Å²) < 4.78 is 72.8. The van der Waals surface area contributed by atoms with Crippen LogP contribution in [0.1, 0.15) is 41.4 Å². The summed E-state index contributed by atoms with van der Waals surface area (Å²) >= 11 is 5.85. The third-order valence-electron chi connectivity index (χ3n) is 4.66. The number of nitrogens with zero attached hydrogens (tertiary/aromatic N) is 3. The lowest BCUT2D eigenvalue weighted by atomic mass is 10.1. The second kappa shape index (κ2) is 9.64. The quantitative estimate of drug-likeness (QED) is 0.489. The maximum atomic E-state index is 13.5. The summed E-state index contributed by atoms with van der Waals surface area (Å²) in [5.41, 5.74) is -4.48. The Labute approximate surface area is 193 Å². The van der Waals surface area contributed by atoms with Gasteiger partial charge in [-0.15, -0.1) is 0 Å². The van der Waals surface area contributed by atoms with Crippen LogP contribution in [0.2, 0.25) is 5.02 Å². The minimum Gasteiger partial charge on any atom is -0.449 e. The van der Waals surface area contributed by atoms with Crippen LogP contribution in [0, 0.1) is 11.3 Å². The number of nitriles is 1. The Morgan fingerprint density at radius 1 is 1.24 bits per heavy atom. The largest absolute Gasteiger partial charge is 0.449 e. The van der Waals surface area contributed by atoms with E-state index in [2.05, 4.69) is 9.97 Å². The Bertz CT molecular complexity index is 1390. The van der Waals surface area contributed by atoms with Crippen molar-refractivity contribution in [1.29, 1.82) is 5.26 Å². The standard InChI is InChI=1S/C21H14ClF5N4O3/c1-2-15-11(5-14(18(23)24)19(32)30-15)8-31-9-29-17(21(25,26)27)16(20(31)33)34-13-4-10(7-28)3-12(22)6-13/h3-6,9,18H,2,8H2,1H3,(H,30,32). The molecule has 2 heterocycles. The summed E-state index contributed by atoms with van der Waals surface area (Å²) in [6.07, 6.45) is -7.38. The maximum Gasteiger partial charge on any atom is 0.437 e. The van der Waals surface area contributed by atoms with Crippen LogP contribution >= 0.6 is 11.6 Å². The summed E-state index contributed by atoms with van der Waals surface area (Å²) in [6, 6.07) is 6.07. The van der Waals surface area contributed by atoms with Crippen molar-refractivity contribution in [2.24, 2.45) is 0 Å². The predicted octanol–water partition coefficient (Wildman–Crippen LogP) is 4.82. The molecule has 13 heteroatoms. The van der Waals surface area contributed by atoms with E-state index in [9.17, 15) is 31.5 Å². The van der Waals surface area contributed by atoms with Crippen molar-refractivity contribution in [3.05, 3.63) is 84.4 Å². The first-order valence-electron chi connectivity index (χ1n) is 9.52. The topological polar surface area (TPSA) is 101 Å². The van der Waals surface area contributed by atoms with E-state index in [0.29, 0.717) is 6.33 Å². The molecule has 1 aromatic carbocycles. The number of rotatable bonds is 6. The molecule has 7 nitrogen and oxygen atoms in total. The molecule has 0 radical (unpaired) electrons. The number of nitrogens with one attached hydrogen (secondary N) is 1. The normalized spacial score (nSPS) is 11.5. The van der Waals surface area contributed by atoms with E-state index >= 15 is 0 Å². The molecule has 0 aliphatic heterocycles. The van der Waals surface area contributed by atoms with Gasteiger partial charge in [-0.1, -0.05) is 18.5 Å². The number of ether oxygens (including phenoxy) is 1. The van der Waals surface area contributed by atoms with Crippen LogP contribution < -0.4 is 15.9 Å². The first-order valence-corrected chi connectivity index (χ1v) is 9.90. The second-order valence-corrected chi connectivity index (χ2v) is 7.39. The lowest BCUT2D eigenvalue weighted by Crippen LogP contribution is -2.28. The highest BCUT2D eigenvalue weighted by Crippen LogP contribution is 2.35. The third kappa shape index (κ3) is 5.26. The molecule has 0 aliphatic carbocycles. The van der Waals surface area contributed by atoms with Crippen molar-refractivity contribution in [2.75, 3.05) is 0 Å². The number of hydrogen-bond acceptors (Lipinski definition) is 5. The minimum atomic E-state index is -5.07. The van der Waals surface area contributed by atoms with Gasteiger partial charge in [0.15, 0.2) is 5.69 Å². The van der Waals surface area contributed by atoms with Crippen LogP contribution in [-0.4, -0.2) is 14.5 Å². The Kier molecular flexibility index (Phi) is 7.07. The zero-order chi connectivity index (χ0) is 25.2. The van der Waals surface area contributed by atoms with Crippen molar-refractivity contribution < 1.29 is 26.7 Å². The SMILES string of the molecule is CCc1[nH]c(=O)c(C(F)F)cc1Cn1cnc(C(F)(F)F)c(Oc2cc(Cl)cc(C#N)c2)c1=O. The molecule has 34 heavy (non-hydrogen) atoms. The van der Waals surface area contributed by atoms with Gasteiger partial charge in [-0.2, -0.15) is 18.4 Å². The van der Waals surface area contributed by atoms with E-state index in [4.69, 9.17) is 21.6 Å². The van der Waals surface area contributed by atoms with Crippen LogP contribution in [-0.2, 0) is 19.1 Å². The molecule has 0 spiro atoms. The number of aromatic amines is 1. The van der Waals surface area contributed by atoms with Crippen LogP contribution in [0.5, 0.6) is 11.5 Å². The fraction of sp³-hybridized carbons (Fsp3) is 0.238. The molecule has 0 saturated heterocycles. The summed E-state index contributed by atoms with van der Waals surface area (Å²) in [6.45, 7) is 1.14. The molecule has 0 amide bonds. The van der Waals surface area contributed by atoms with E-state index < -0.39 is 47.3 Å². The zero-order valence-corrected chi connectivity index (χ0v) is 18.0. The predicted molar refractivity (Wildman–Crippen MR) is 110 cm³/mol. The van der Waals surface area contributed by atoms with E-state index in [0.717, 1.165) is 22.8 Å². The number of hydrogen-bond donors (Lipinski definition) is 1. The van der Waals surface area contributed by atoms with E-state index in [1.165, 1.54) is 6.07 Å². The van der Waals surface area contributed by atoms with Crippen LogP contribution in [0.15, 0.2) is 40.2 Å². The lowest BCUT2D eigenvalue weighted by molar-refractivity contribution is -0.142. The third-order valence-corrected chi connectivity index (χ3v) is 4.88. The van der Waals surface area contributed by atoms with Gasteiger partial charge in [-0.25, -0.2) is 13.8 Å². The van der Waals surface area contributed by atoms with Gasteiger partial charge >= 0.3 is 6.18 Å². The summed E-state index contributed by atoms with van der Waals surface area (Å²) in [4.78, 5) is 30.3. The van der Waals surface area contributed by atoms with Crippen LogP contribution in [0.25, 0.3) is 0 Å². The first-order chi connectivity index (χ1) is 15.9. The zero-order valence-electron chi connectivity index (χ0n) is 17.2. The average molecular weight is 501 g/mol. The molecule has 0 unspecified atom stereocenters. The molecular formula is C21H14ClF5N4O3. The summed E-state index contributed by atoms with van der Waals surface area (Å²) in [7, 11) is 0. The Hall–Kier alpha value is -3.72. The second-order valence-electron chi connectivity index (χ2n) is 6.95. The van der Waals surface area contributed by atoms with Crippen molar-refractivity contribution in [2.45, 2.75) is 32.5 Å². The van der Waals surface area contributed by atoms with Gasteiger partial charge in [0, 0.05) is 10.7 Å². The first kappa shape index (κ1) is 24.9. The number of H-pyrrole nitrogens is 1. The number of benzene rings is 1. The maximum absolute atomic E-state index is 13.5. The summed E-state index contributed by atoms with van der Waals surface area (Å²) in [5, 5.41) is 9.01. The summed E-state index contributed by atoms with van der Waals surface area (Å²) in [5.74, 6) is -1.51. The molecule has 0 aliphatic rings. The fourth-order valence-corrected chi connectivity index (χ4v) is 3.34. The molecule has 0 saturated carbocycles. The monoisotopic (exact) mass is 500 g/mol. The molecular weight excluding hydrogens is 487 g/mol. The van der Waals surface area contributed by atoms with Gasteiger partial charge in [-0.3, -0.25) is 14.2 Å². The lowest BCUT2D eigenvalue weighted by Gasteiger charge is -2.16. The fourth-order valence-electron chi connectivity index (χ4n) is 3.11. The minimum absolute atomic E-state index is 0.0211. The van der Waals surface area contributed by atoms with Crippen molar-refractivity contribution >= 4 is 11.6 Å². The highest BCUT2D eigenvalue weighted by Gasteiger charge is 2.39. The molecule has 0 fully saturated rings. The van der Waals surface area contributed by atoms with E-state index in [-0.39, 0.29) is 34.0 Å². The van der Waals surface area contributed by atoms with Crippen molar-refractivity contribution in [1.82, 2.24) is 14.5 Å². The van der Waals surface area contributed by atoms with Crippen molar-refractivity contribution in [3.63, 3.8) is 0 Å². The van der Waals surface area contributed by atoms with Gasteiger partial charge in [0.05, 0.1) is 30.1 Å². The van der Waals surface area contributed by atoms with E-state index in [1.54, 1.807) is 13.0 Å². The van der Waals surface area contributed by atoms with Crippen LogP contribution in [0.4, 0.5) is 22.0 Å². The highest BCUT2D eigenvalue weighted by atomic mass is 35.5. The molecule has 178 valence electrons. The van der Waals surface area contributed by atoms with Gasteiger partial charge in [-0.05, 0) is 36.2 Å². The molecule has 3 aromatic rings. The smallest absolute Gasteiger partial charge is 0.437 e. The Morgan fingerprint density at radius 3 is 2.53 bits per heavy atom. The molecule has 0 atom stereocenters. The number of aromatic nitrogens is 3. The molecule has 3 rings (SSSR count). The van der Waals surface area contributed by atoms with Gasteiger partial charge in [0.1, 0.15) is 5.75 Å². The highest BCUT2D eigenvalue weighted by molar-refractivity contribution is 6.30. The molecule has 0 bridgehead atoms. The average Bonchev–Trinajstić information content (AvgIpc) is 2.75. The Morgan fingerprint density at radius 2 is 1.94 bits per heavy atom. The number of halogens is 6. The molecule has 1 N–H and O–H groups in total. The number of pyridine rings is 1. The van der Waals surface area contributed by atoms with Gasteiger partial charge in [0.2, 0.25) is 5.75 Å².